The van der Waals surface area contributed by atoms with E-state index in [4.69, 9.17) is 12.6 Å². The fraction of sp³-hybridized carbons (Fsp3) is 0.727. The number of aromatic hydroxyl groups is 1. The second-order valence-electron chi connectivity index (χ2n) is 7.11. The van der Waals surface area contributed by atoms with Gasteiger partial charge in [-0.05, 0) is 37.3 Å². The lowest BCUT2D eigenvalue weighted by Gasteiger charge is -2.12. The summed E-state index contributed by atoms with van der Waals surface area (Å²) in [7, 11) is 0. The summed E-state index contributed by atoms with van der Waals surface area (Å²) in [5.41, 5.74) is 2.35. The molecule has 0 atom stereocenters. The van der Waals surface area contributed by atoms with Gasteiger partial charge in [0.2, 0.25) is 0 Å². The summed E-state index contributed by atoms with van der Waals surface area (Å²) in [5.74, 6) is 0.427. The Kier molecular flexibility index (Phi) is 12.2. The maximum atomic E-state index is 10.1. The van der Waals surface area contributed by atoms with Gasteiger partial charge in [0, 0.05) is 10.5 Å². The molecule has 24 heavy (non-hydrogen) atoms. The number of benzene rings is 1. The van der Waals surface area contributed by atoms with Crippen LogP contribution in [0.5, 0.6) is 5.75 Å². The van der Waals surface area contributed by atoms with Crippen molar-refractivity contribution >= 4 is 12.6 Å². The quantitative estimate of drug-likeness (QED) is 0.263. The van der Waals surface area contributed by atoms with Gasteiger partial charge in [0.1, 0.15) is 5.75 Å². The van der Waals surface area contributed by atoms with E-state index < -0.39 is 0 Å². The topological polar surface area (TPSA) is 20.2 Å². The predicted molar refractivity (Wildman–Crippen MR) is 110 cm³/mol. The molecule has 2 heteroatoms. The van der Waals surface area contributed by atoms with Gasteiger partial charge in [-0.3, -0.25) is 0 Å². The maximum Gasteiger partial charge on any atom is 0.119 e. The second-order valence-corrected chi connectivity index (χ2v) is 7.55. The number of phenols is 1. The summed E-state index contributed by atoms with van der Waals surface area (Å²) in [4.78, 5) is 1.03. The Morgan fingerprint density at radius 2 is 1.25 bits per heavy atom. The third kappa shape index (κ3) is 8.46. The van der Waals surface area contributed by atoms with Crippen LogP contribution in [-0.2, 0) is 12.8 Å². The minimum atomic E-state index is 0.427. The highest BCUT2D eigenvalue weighted by atomic mass is 32.1. The molecule has 0 aliphatic carbocycles. The van der Waals surface area contributed by atoms with Crippen molar-refractivity contribution in [3.05, 3.63) is 23.3 Å². The lowest BCUT2D eigenvalue weighted by Crippen LogP contribution is -1.95. The largest absolute Gasteiger partial charge is 0.508 e. The van der Waals surface area contributed by atoms with Crippen molar-refractivity contribution in [1.82, 2.24) is 0 Å². The Morgan fingerprint density at radius 3 is 1.83 bits per heavy atom. The molecule has 0 heterocycles. The molecule has 1 aromatic carbocycles. The SMILES string of the molecule is CCCCCCCCCCCCc1c(O)ccc(CCCC)c1S. The number of unbranched alkanes of at least 4 members (excludes halogenated alkanes) is 10. The zero-order valence-electron chi connectivity index (χ0n) is 15.9. The molecule has 0 bridgehead atoms. The number of hydrogen-bond donors (Lipinski definition) is 2. The molecule has 1 rings (SSSR count). The van der Waals surface area contributed by atoms with Gasteiger partial charge in [0.15, 0.2) is 0 Å². The van der Waals surface area contributed by atoms with Crippen LogP contribution in [0.1, 0.15) is 102 Å². The molecule has 0 aromatic heterocycles. The van der Waals surface area contributed by atoms with Crippen molar-refractivity contribution in [1.29, 1.82) is 0 Å². The van der Waals surface area contributed by atoms with Gasteiger partial charge in [-0.1, -0.05) is 84.1 Å². The van der Waals surface area contributed by atoms with Crippen molar-refractivity contribution in [3.63, 3.8) is 0 Å². The first-order chi connectivity index (χ1) is 11.7. The number of phenolic OH excluding ortho intramolecular Hbond substituents is 1. The molecule has 0 saturated heterocycles. The highest BCUT2D eigenvalue weighted by molar-refractivity contribution is 7.80. The number of aryl methyl sites for hydroxylation is 1. The second kappa shape index (κ2) is 13.6. The van der Waals surface area contributed by atoms with Crippen molar-refractivity contribution in [3.8, 4) is 5.75 Å². The Balaban J connectivity index is 2.22. The van der Waals surface area contributed by atoms with Crippen LogP contribution in [0.25, 0.3) is 0 Å². The number of rotatable bonds is 14. The first-order valence-electron chi connectivity index (χ1n) is 10.2. The van der Waals surface area contributed by atoms with E-state index in [-0.39, 0.29) is 0 Å². The number of hydrogen-bond acceptors (Lipinski definition) is 2. The fourth-order valence-electron chi connectivity index (χ4n) is 3.28. The standard InChI is InChI=1S/C22H38OS/c1-3-5-7-8-9-10-11-12-13-14-16-20-21(23)18-17-19(22(20)24)15-6-4-2/h17-18,23-24H,3-16H2,1-2H3. The predicted octanol–water partition coefficient (Wildman–Crippen LogP) is 7.49. The van der Waals surface area contributed by atoms with E-state index in [1.54, 1.807) is 0 Å². The van der Waals surface area contributed by atoms with E-state index in [1.807, 2.05) is 12.1 Å². The lowest BCUT2D eigenvalue weighted by molar-refractivity contribution is 0.462. The zero-order chi connectivity index (χ0) is 17.6. The molecule has 0 saturated carbocycles. The molecular weight excluding hydrogens is 312 g/mol. The van der Waals surface area contributed by atoms with Crippen LogP contribution in [0.15, 0.2) is 17.0 Å². The molecule has 0 aliphatic heterocycles. The normalized spacial score (nSPS) is 11.1. The summed E-state index contributed by atoms with van der Waals surface area (Å²) in [6, 6.07) is 3.89. The molecule has 0 unspecified atom stereocenters. The van der Waals surface area contributed by atoms with Gasteiger partial charge in [0.25, 0.3) is 0 Å². The third-order valence-corrected chi connectivity index (χ3v) is 5.48. The highest BCUT2D eigenvalue weighted by Gasteiger charge is 2.09. The van der Waals surface area contributed by atoms with E-state index >= 15 is 0 Å². The smallest absolute Gasteiger partial charge is 0.119 e. The van der Waals surface area contributed by atoms with Crippen molar-refractivity contribution in [2.24, 2.45) is 0 Å². The molecule has 0 amide bonds. The van der Waals surface area contributed by atoms with Crippen LogP contribution in [-0.4, -0.2) is 5.11 Å². The van der Waals surface area contributed by atoms with Gasteiger partial charge in [-0.15, -0.1) is 12.6 Å². The lowest BCUT2D eigenvalue weighted by atomic mass is 9.99. The van der Waals surface area contributed by atoms with Crippen molar-refractivity contribution < 1.29 is 5.11 Å². The van der Waals surface area contributed by atoms with E-state index in [9.17, 15) is 5.11 Å². The molecule has 1 N–H and O–H groups in total. The first kappa shape index (κ1) is 21.4. The zero-order valence-corrected chi connectivity index (χ0v) is 16.8. The van der Waals surface area contributed by atoms with Crippen LogP contribution in [0.3, 0.4) is 0 Å². The van der Waals surface area contributed by atoms with Gasteiger partial charge < -0.3 is 5.11 Å². The maximum absolute atomic E-state index is 10.1. The van der Waals surface area contributed by atoms with E-state index in [0.29, 0.717) is 5.75 Å². The monoisotopic (exact) mass is 350 g/mol. The molecule has 138 valence electrons. The summed E-state index contributed by atoms with van der Waals surface area (Å²) in [5, 5.41) is 10.1. The van der Waals surface area contributed by atoms with E-state index in [0.717, 1.165) is 29.7 Å². The van der Waals surface area contributed by atoms with Crippen molar-refractivity contribution in [2.75, 3.05) is 0 Å². The number of thiol groups is 1. The summed E-state index contributed by atoms with van der Waals surface area (Å²) in [6.45, 7) is 4.48. The molecule has 0 aliphatic rings. The molecule has 1 aromatic rings. The van der Waals surface area contributed by atoms with E-state index in [1.165, 1.54) is 76.2 Å². The van der Waals surface area contributed by atoms with Crippen LogP contribution in [0.2, 0.25) is 0 Å². The Bertz CT molecular complexity index is 442. The average Bonchev–Trinajstić information content (AvgIpc) is 2.58. The molecule has 0 fully saturated rings. The van der Waals surface area contributed by atoms with E-state index in [2.05, 4.69) is 13.8 Å². The first-order valence-corrected chi connectivity index (χ1v) is 10.7. The van der Waals surface area contributed by atoms with Gasteiger partial charge in [0.05, 0.1) is 0 Å². The Morgan fingerprint density at radius 1 is 0.708 bits per heavy atom. The van der Waals surface area contributed by atoms with Crippen LogP contribution in [0.4, 0.5) is 0 Å². The third-order valence-electron chi connectivity index (χ3n) is 4.92. The molecular formula is C22H38OS. The minimum absolute atomic E-state index is 0.427. The fourth-order valence-corrected chi connectivity index (χ4v) is 3.69. The highest BCUT2D eigenvalue weighted by Crippen LogP contribution is 2.30. The van der Waals surface area contributed by atoms with Crippen LogP contribution in [0, 0.1) is 0 Å². The summed E-state index contributed by atoms with van der Waals surface area (Å²) >= 11 is 4.69. The summed E-state index contributed by atoms with van der Waals surface area (Å²) < 4.78 is 0. The minimum Gasteiger partial charge on any atom is -0.508 e. The average molecular weight is 351 g/mol. The Hall–Kier alpha value is -0.630. The van der Waals surface area contributed by atoms with Gasteiger partial charge >= 0.3 is 0 Å². The van der Waals surface area contributed by atoms with Gasteiger partial charge in [-0.25, -0.2) is 0 Å². The molecule has 1 nitrogen and oxygen atoms in total. The van der Waals surface area contributed by atoms with Crippen LogP contribution >= 0.6 is 12.6 Å². The molecule has 0 spiro atoms. The van der Waals surface area contributed by atoms with Crippen molar-refractivity contribution in [2.45, 2.75) is 109 Å². The van der Waals surface area contributed by atoms with Crippen LogP contribution < -0.4 is 0 Å². The summed E-state index contributed by atoms with van der Waals surface area (Å²) in [6.07, 6.45) is 17.9. The Labute approximate surface area is 155 Å². The van der Waals surface area contributed by atoms with Gasteiger partial charge in [-0.2, -0.15) is 0 Å². The molecule has 0 radical (unpaired) electrons.